The van der Waals surface area contributed by atoms with Crippen LogP contribution in [0.1, 0.15) is 44.9 Å². The van der Waals surface area contributed by atoms with E-state index in [2.05, 4.69) is 17.3 Å². The summed E-state index contributed by atoms with van der Waals surface area (Å²) in [6, 6.07) is 0. The second-order valence-electron chi connectivity index (χ2n) is 6.08. The van der Waals surface area contributed by atoms with Gasteiger partial charge in [0.25, 0.3) is 0 Å². The zero-order valence-corrected chi connectivity index (χ0v) is 12.0. The molecule has 1 aliphatic carbocycles. The third-order valence-electron chi connectivity index (χ3n) is 4.48. The first-order valence-corrected chi connectivity index (χ1v) is 7.85. The quantitative estimate of drug-likeness (QED) is 0.787. The van der Waals surface area contributed by atoms with Gasteiger partial charge < -0.3 is 15.0 Å². The Hall–Kier alpha value is -0.120. The number of rotatable bonds is 6. The van der Waals surface area contributed by atoms with Gasteiger partial charge >= 0.3 is 0 Å². The van der Waals surface area contributed by atoms with Crippen LogP contribution in [0.4, 0.5) is 0 Å². The summed E-state index contributed by atoms with van der Waals surface area (Å²) in [7, 11) is 2.26. The van der Waals surface area contributed by atoms with E-state index in [1.54, 1.807) is 0 Å². The third-order valence-corrected chi connectivity index (χ3v) is 4.48. The summed E-state index contributed by atoms with van der Waals surface area (Å²) in [4.78, 5) is 2.49. The van der Waals surface area contributed by atoms with E-state index < -0.39 is 0 Å². The molecule has 0 aromatic carbocycles. The van der Waals surface area contributed by atoms with Gasteiger partial charge in [-0.25, -0.2) is 0 Å². The highest BCUT2D eigenvalue weighted by Gasteiger charge is 2.16. The van der Waals surface area contributed by atoms with Crippen LogP contribution in [0.2, 0.25) is 0 Å². The standard InChI is InChI=1S/C15H30N2O/c1-17(10-7-14-5-3-2-4-6-14)11-8-15-13-16-9-12-18-15/h14-16H,2-13H2,1H3. The van der Waals surface area contributed by atoms with Crippen LogP contribution >= 0.6 is 0 Å². The Morgan fingerprint density at radius 2 is 1.89 bits per heavy atom. The molecule has 18 heavy (non-hydrogen) atoms. The van der Waals surface area contributed by atoms with Gasteiger partial charge in [0.05, 0.1) is 12.7 Å². The number of nitrogens with one attached hydrogen (secondary N) is 1. The lowest BCUT2D eigenvalue weighted by atomic mass is 9.87. The Labute approximate surface area is 112 Å². The second-order valence-corrected chi connectivity index (χ2v) is 6.08. The van der Waals surface area contributed by atoms with E-state index in [1.807, 2.05) is 0 Å². The van der Waals surface area contributed by atoms with Crippen LogP contribution in [0.3, 0.4) is 0 Å². The van der Waals surface area contributed by atoms with E-state index in [4.69, 9.17) is 4.74 Å². The van der Waals surface area contributed by atoms with E-state index in [9.17, 15) is 0 Å². The Kier molecular flexibility index (Phi) is 6.46. The molecule has 1 heterocycles. The SMILES string of the molecule is CN(CCC1CCCCC1)CCC1CNCCO1. The third kappa shape index (κ3) is 5.25. The second kappa shape index (κ2) is 8.13. The molecule has 3 heteroatoms. The van der Waals surface area contributed by atoms with Crippen molar-refractivity contribution in [3.05, 3.63) is 0 Å². The Bertz CT molecular complexity index is 189. The number of hydrogen-bond donors (Lipinski definition) is 1. The summed E-state index contributed by atoms with van der Waals surface area (Å²) in [6.45, 7) is 5.39. The first kappa shape index (κ1) is 14.3. The molecule has 1 atom stereocenters. The maximum absolute atomic E-state index is 5.73. The zero-order chi connectivity index (χ0) is 12.6. The Morgan fingerprint density at radius 1 is 1.11 bits per heavy atom. The van der Waals surface area contributed by atoms with Crippen LogP contribution in [-0.2, 0) is 4.74 Å². The number of nitrogens with zero attached hydrogens (tertiary/aromatic N) is 1. The predicted molar refractivity (Wildman–Crippen MR) is 75.9 cm³/mol. The lowest BCUT2D eigenvalue weighted by molar-refractivity contribution is 0.0185. The average molecular weight is 254 g/mol. The van der Waals surface area contributed by atoms with E-state index in [-0.39, 0.29) is 0 Å². The first-order valence-electron chi connectivity index (χ1n) is 7.85. The predicted octanol–water partition coefficient (Wildman–Crippen LogP) is 2.27. The molecule has 2 fully saturated rings. The molecule has 2 rings (SSSR count). The lowest BCUT2D eigenvalue weighted by Gasteiger charge is -2.27. The molecule has 0 bridgehead atoms. The molecule has 0 amide bonds. The minimum atomic E-state index is 0.441. The maximum Gasteiger partial charge on any atom is 0.0712 e. The summed E-state index contributed by atoms with van der Waals surface area (Å²) >= 11 is 0. The summed E-state index contributed by atoms with van der Waals surface area (Å²) in [6.07, 6.45) is 10.4. The van der Waals surface area contributed by atoms with Gasteiger partial charge in [-0.15, -0.1) is 0 Å². The van der Waals surface area contributed by atoms with Crippen LogP contribution in [-0.4, -0.2) is 50.8 Å². The summed E-state index contributed by atoms with van der Waals surface area (Å²) < 4.78 is 5.73. The van der Waals surface area contributed by atoms with Crippen molar-refractivity contribution in [1.29, 1.82) is 0 Å². The van der Waals surface area contributed by atoms with Crippen molar-refractivity contribution in [2.24, 2.45) is 5.92 Å². The van der Waals surface area contributed by atoms with Gasteiger partial charge in [0.2, 0.25) is 0 Å². The van der Waals surface area contributed by atoms with Crippen molar-refractivity contribution < 1.29 is 4.74 Å². The largest absolute Gasteiger partial charge is 0.376 e. The molecule has 3 nitrogen and oxygen atoms in total. The molecule has 0 aromatic heterocycles. The fourth-order valence-corrected chi connectivity index (χ4v) is 3.16. The van der Waals surface area contributed by atoms with Crippen molar-refractivity contribution in [2.75, 3.05) is 39.8 Å². The van der Waals surface area contributed by atoms with Crippen LogP contribution in [0, 0.1) is 5.92 Å². The normalized spacial score (nSPS) is 26.7. The number of morpholine rings is 1. The Balaban J connectivity index is 1.52. The molecular weight excluding hydrogens is 224 g/mol. The van der Waals surface area contributed by atoms with Crippen molar-refractivity contribution in [1.82, 2.24) is 10.2 Å². The van der Waals surface area contributed by atoms with Gasteiger partial charge in [0.15, 0.2) is 0 Å². The van der Waals surface area contributed by atoms with E-state index >= 15 is 0 Å². The average Bonchev–Trinajstić information content (AvgIpc) is 2.45. The number of hydrogen-bond acceptors (Lipinski definition) is 3. The zero-order valence-electron chi connectivity index (χ0n) is 12.0. The molecular formula is C15H30N2O. The minimum absolute atomic E-state index is 0.441. The van der Waals surface area contributed by atoms with Crippen LogP contribution in [0.15, 0.2) is 0 Å². The molecule has 0 aromatic rings. The summed E-state index contributed by atoms with van der Waals surface area (Å²) in [5.41, 5.74) is 0. The first-order chi connectivity index (χ1) is 8.84. The molecule has 1 aliphatic heterocycles. The van der Waals surface area contributed by atoms with Gasteiger partial charge in [-0.3, -0.25) is 0 Å². The topological polar surface area (TPSA) is 24.5 Å². The lowest BCUT2D eigenvalue weighted by Crippen LogP contribution is -2.40. The molecule has 0 spiro atoms. The fourth-order valence-electron chi connectivity index (χ4n) is 3.16. The Morgan fingerprint density at radius 3 is 2.61 bits per heavy atom. The van der Waals surface area contributed by atoms with Crippen LogP contribution in [0.25, 0.3) is 0 Å². The van der Waals surface area contributed by atoms with E-state index in [0.717, 1.165) is 25.6 Å². The minimum Gasteiger partial charge on any atom is -0.376 e. The molecule has 1 unspecified atom stereocenters. The molecule has 2 aliphatic rings. The summed E-state index contributed by atoms with van der Waals surface area (Å²) in [5, 5.41) is 3.40. The van der Waals surface area contributed by atoms with Crippen LogP contribution < -0.4 is 5.32 Å². The molecule has 106 valence electrons. The van der Waals surface area contributed by atoms with Gasteiger partial charge in [-0.2, -0.15) is 0 Å². The van der Waals surface area contributed by atoms with Crippen molar-refractivity contribution in [3.63, 3.8) is 0 Å². The summed E-state index contributed by atoms with van der Waals surface area (Å²) in [5.74, 6) is 1.01. The highest BCUT2D eigenvalue weighted by molar-refractivity contribution is 4.70. The van der Waals surface area contributed by atoms with E-state index in [0.29, 0.717) is 6.10 Å². The van der Waals surface area contributed by atoms with Crippen molar-refractivity contribution in [2.45, 2.75) is 51.0 Å². The van der Waals surface area contributed by atoms with Crippen molar-refractivity contribution in [3.8, 4) is 0 Å². The van der Waals surface area contributed by atoms with Gasteiger partial charge in [-0.05, 0) is 32.4 Å². The fraction of sp³-hybridized carbons (Fsp3) is 1.00. The van der Waals surface area contributed by atoms with Crippen LogP contribution in [0.5, 0.6) is 0 Å². The van der Waals surface area contributed by atoms with Gasteiger partial charge in [0, 0.05) is 19.6 Å². The smallest absolute Gasteiger partial charge is 0.0712 e. The molecule has 1 N–H and O–H groups in total. The van der Waals surface area contributed by atoms with E-state index in [1.165, 1.54) is 58.0 Å². The van der Waals surface area contributed by atoms with Gasteiger partial charge in [-0.1, -0.05) is 32.1 Å². The van der Waals surface area contributed by atoms with Crippen molar-refractivity contribution >= 4 is 0 Å². The highest BCUT2D eigenvalue weighted by atomic mass is 16.5. The maximum atomic E-state index is 5.73. The van der Waals surface area contributed by atoms with Gasteiger partial charge in [0.1, 0.15) is 0 Å². The molecule has 1 saturated heterocycles. The highest BCUT2D eigenvalue weighted by Crippen LogP contribution is 2.26. The monoisotopic (exact) mass is 254 g/mol. The molecule has 0 radical (unpaired) electrons. The molecule has 1 saturated carbocycles. The number of ether oxygens (including phenoxy) is 1.